The summed E-state index contributed by atoms with van der Waals surface area (Å²) in [5.74, 6) is 1.95. The van der Waals surface area contributed by atoms with Crippen LogP contribution < -0.4 is 10.6 Å². The zero-order chi connectivity index (χ0) is 13.1. The van der Waals surface area contributed by atoms with Crippen molar-refractivity contribution >= 4 is 11.6 Å². The van der Waals surface area contributed by atoms with Gasteiger partial charge in [0.1, 0.15) is 0 Å². The van der Waals surface area contributed by atoms with Crippen molar-refractivity contribution < 1.29 is 0 Å². The monoisotopic (exact) mass is 245 g/mol. The van der Waals surface area contributed by atoms with Gasteiger partial charge in [0.15, 0.2) is 5.96 Å². The number of rotatable bonds is 4. The number of nitrogens with two attached hydrogens (primary N) is 1. The van der Waals surface area contributed by atoms with Gasteiger partial charge in [-0.05, 0) is 30.4 Å². The lowest BCUT2D eigenvalue weighted by Gasteiger charge is -2.31. The molecule has 0 bridgehead atoms. The minimum absolute atomic E-state index is 0.398. The zero-order valence-corrected chi connectivity index (χ0v) is 11.5. The molecule has 1 aromatic rings. The number of nitrogens with zero attached hydrogens (tertiary/aromatic N) is 2. The summed E-state index contributed by atoms with van der Waals surface area (Å²) >= 11 is 0. The second-order valence-corrected chi connectivity index (χ2v) is 5.58. The molecule has 2 N–H and O–H groups in total. The minimum Gasteiger partial charge on any atom is -0.370 e. The highest BCUT2D eigenvalue weighted by Crippen LogP contribution is 2.27. The predicted octanol–water partition coefficient (Wildman–Crippen LogP) is 2.87. The first-order chi connectivity index (χ1) is 8.59. The maximum atomic E-state index is 6.05. The normalized spacial score (nSPS) is 21.2. The van der Waals surface area contributed by atoms with Crippen LogP contribution in [0.25, 0.3) is 0 Å². The largest absolute Gasteiger partial charge is 0.370 e. The molecule has 1 aromatic carbocycles. The molecule has 0 fully saturated rings. The lowest BCUT2D eigenvalue weighted by Crippen LogP contribution is -2.44. The number of benzene rings is 1. The van der Waals surface area contributed by atoms with Gasteiger partial charge in [-0.15, -0.1) is 0 Å². The summed E-state index contributed by atoms with van der Waals surface area (Å²) < 4.78 is 0. The maximum Gasteiger partial charge on any atom is 0.196 e. The zero-order valence-electron chi connectivity index (χ0n) is 11.5. The fraction of sp³-hybridized carbons (Fsp3) is 0.533. The van der Waals surface area contributed by atoms with Crippen molar-refractivity contribution in [1.29, 1.82) is 0 Å². The Kier molecular flexibility index (Phi) is 3.90. The van der Waals surface area contributed by atoms with Crippen molar-refractivity contribution in [1.82, 2.24) is 0 Å². The summed E-state index contributed by atoms with van der Waals surface area (Å²) in [5, 5.41) is 0. The standard InChI is InChI=1S/C15H23N3/c1-11(2)9-12(3)14-10-17-15(16)18(14)13-7-5-4-6-8-13/h4-8,11-12,14H,9-10H2,1-3H3,(H2,16,17). The van der Waals surface area contributed by atoms with Crippen molar-refractivity contribution in [2.45, 2.75) is 33.2 Å². The SMILES string of the molecule is CC(C)CC(C)C1CN=C(N)N1c1ccccc1. The van der Waals surface area contributed by atoms with E-state index >= 15 is 0 Å². The van der Waals surface area contributed by atoms with E-state index in [0.29, 0.717) is 23.8 Å². The second-order valence-electron chi connectivity index (χ2n) is 5.58. The van der Waals surface area contributed by atoms with Crippen LogP contribution >= 0.6 is 0 Å². The van der Waals surface area contributed by atoms with Crippen molar-refractivity contribution in [3.63, 3.8) is 0 Å². The molecule has 0 saturated carbocycles. The average molecular weight is 245 g/mol. The van der Waals surface area contributed by atoms with Crippen LogP contribution in [0.4, 0.5) is 5.69 Å². The van der Waals surface area contributed by atoms with Crippen molar-refractivity contribution in [2.24, 2.45) is 22.6 Å². The molecule has 0 radical (unpaired) electrons. The van der Waals surface area contributed by atoms with Gasteiger partial charge in [0, 0.05) is 5.69 Å². The summed E-state index contributed by atoms with van der Waals surface area (Å²) in [6, 6.07) is 10.7. The second kappa shape index (κ2) is 5.42. The summed E-state index contributed by atoms with van der Waals surface area (Å²) in [6.07, 6.45) is 1.21. The van der Waals surface area contributed by atoms with Gasteiger partial charge in [-0.25, -0.2) is 0 Å². The Labute approximate surface area is 110 Å². The molecule has 0 aromatic heterocycles. The molecule has 2 rings (SSSR count). The van der Waals surface area contributed by atoms with Gasteiger partial charge in [0.2, 0.25) is 0 Å². The number of aliphatic imine (C=N–C) groups is 1. The van der Waals surface area contributed by atoms with Crippen LogP contribution in [0.1, 0.15) is 27.2 Å². The maximum absolute atomic E-state index is 6.05. The number of para-hydroxylation sites is 1. The number of hydrogen-bond acceptors (Lipinski definition) is 3. The molecule has 0 spiro atoms. The van der Waals surface area contributed by atoms with Crippen LogP contribution in [0.2, 0.25) is 0 Å². The Balaban J connectivity index is 2.18. The van der Waals surface area contributed by atoms with Crippen LogP contribution in [-0.2, 0) is 0 Å². The lowest BCUT2D eigenvalue weighted by atomic mass is 9.91. The van der Waals surface area contributed by atoms with E-state index in [0.717, 1.165) is 12.2 Å². The number of anilines is 1. The van der Waals surface area contributed by atoms with Crippen LogP contribution in [0.5, 0.6) is 0 Å². The summed E-state index contributed by atoms with van der Waals surface area (Å²) in [6.45, 7) is 7.65. The molecular weight excluding hydrogens is 222 g/mol. The van der Waals surface area contributed by atoms with Gasteiger partial charge in [-0.2, -0.15) is 0 Å². The third-order valence-corrected chi connectivity index (χ3v) is 3.55. The van der Waals surface area contributed by atoms with Gasteiger partial charge in [0.25, 0.3) is 0 Å². The van der Waals surface area contributed by atoms with E-state index in [1.54, 1.807) is 0 Å². The van der Waals surface area contributed by atoms with Crippen LogP contribution in [0.15, 0.2) is 35.3 Å². The summed E-state index contributed by atoms with van der Waals surface area (Å²) in [4.78, 5) is 6.61. The van der Waals surface area contributed by atoms with Gasteiger partial charge in [-0.1, -0.05) is 39.0 Å². The van der Waals surface area contributed by atoms with E-state index in [9.17, 15) is 0 Å². The molecule has 1 heterocycles. The van der Waals surface area contributed by atoms with E-state index in [4.69, 9.17) is 5.73 Å². The molecule has 0 aliphatic carbocycles. The first-order valence-electron chi connectivity index (χ1n) is 6.73. The van der Waals surface area contributed by atoms with E-state index < -0.39 is 0 Å². The topological polar surface area (TPSA) is 41.6 Å². The van der Waals surface area contributed by atoms with E-state index in [-0.39, 0.29) is 0 Å². The molecule has 2 atom stereocenters. The molecule has 18 heavy (non-hydrogen) atoms. The third-order valence-electron chi connectivity index (χ3n) is 3.55. The third kappa shape index (κ3) is 2.66. The molecule has 3 nitrogen and oxygen atoms in total. The molecule has 0 amide bonds. The van der Waals surface area contributed by atoms with E-state index in [2.05, 4.69) is 42.8 Å². The molecule has 98 valence electrons. The Morgan fingerprint density at radius 3 is 2.56 bits per heavy atom. The highest BCUT2D eigenvalue weighted by atomic mass is 15.3. The fourth-order valence-corrected chi connectivity index (χ4v) is 2.76. The van der Waals surface area contributed by atoms with Gasteiger partial charge >= 0.3 is 0 Å². The smallest absolute Gasteiger partial charge is 0.196 e. The Morgan fingerprint density at radius 1 is 1.28 bits per heavy atom. The molecule has 0 saturated heterocycles. The first-order valence-corrected chi connectivity index (χ1v) is 6.73. The van der Waals surface area contributed by atoms with Crippen molar-refractivity contribution in [3.05, 3.63) is 30.3 Å². The van der Waals surface area contributed by atoms with Crippen molar-refractivity contribution in [2.75, 3.05) is 11.4 Å². The molecule has 1 aliphatic heterocycles. The molecule has 1 aliphatic rings. The summed E-state index contributed by atoms with van der Waals surface area (Å²) in [7, 11) is 0. The molecule has 3 heteroatoms. The van der Waals surface area contributed by atoms with E-state index in [1.165, 1.54) is 6.42 Å². The fourth-order valence-electron chi connectivity index (χ4n) is 2.76. The van der Waals surface area contributed by atoms with Gasteiger partial charge in [-0.3, -0.25) is 4.99 Å². The predicted molar refractivity (Wildman–Crippen MR) is 77.8 cm³/mol. The number of guanidine groups is 1. The first kappa shape index (κ1) is 12.9. The summed E-state index contributed by atoms with van der Waals surface area (Å²) in [5.41, 5.74) is 7.20. The Morgan fingerprint density at radius 2 is 1.94 bits per heavy atom. The van der Waals surface area contributed by atoms with Crippen LogP contribution in [0, 0.1) is 11.8 Å². The number of hydrogen-bond donors (Lipinski definition) is 1. The van der Waals surface area contributed by atoms with Crippen molar-refractivity contribution in [3.8, 4) is 0 Å². The highest BCUT2D eigenvalue weighted by Gasteiger charge is 2.31. The van der Waals surface area contributed by atoms with Gasteiger partial charge < -0.3 is 10.6 Å². The lowest BCUT2D eigenvalue weighted by molar-refractivity contribution is 0.384. The minimum atomic E-state index is 0.398. The van der Waals surface area contributed by atoms with Crippen LogP contribution in [0.3, 0.4) is 0 Å². The Bertz CT molecular complexity index is 411. The Hall–Kier alpha value is -1.51. The van der Waals surface area contributed by atoms with Gasteiger partial charge in [0.05, 0.1) is 12.6 Å². The molecular formula is C15H23N3. The van der Waals surface area contributed by atoms with Crippen LogP contribution in [-0.4, -0.2) is 18.5 Å². The molecule has 2 unspecified atom stereocenters. The highest BCUT2D eigenvalue weighted by molar-refractivity contribution is 5.97. The quantitative estimate of drug-likeness (QED) is 0.886. The average Bonchev–Trinajstić information content (AvgIpc) is 2.71. The van der Waals surface area contributed by atoms with E-state index in [1.807, 2.05) is 18.2 Å².